The molecule has 6 rings (SSSR count). The topological polar surface area (TPSA) is 62.1 Å². The van der Waals surface area contributed by atoms with E-state index in [0.717, 1.165) is 59.6 Å². The van der Waals surface area contributed by atoms with Crippen LogP contribution in [0.25, 0.3) is 33.2 Å². The number of fused-ring (bicyclic) bond motifs is 1. The first-order chi connectivity index (χ1) is 19.6. The Morgan fingerprint density at radius 2 is 1.82 bits per heavy atom. The van der Waals surface area contributed by atoms with Crippen LogP contribution >= 0.6 is 0 Å². The molecule has 0 amide bonds. The predicted molar refractivity (Wildman–Crippen MR) is 165 cm³/mol. The Kier molecular flexibility index (Phi) is 7.75. The van der Waals surface area contributed by atoms with E-state index in [0.29, 0.717) is 0 Å². The zero-order valence-corrected chi connectivity index (χ0v) is 23.9. The fourth-order valence-corrected chi connectivity index (χ4v) is 5.82. The number of rotatable bonds is 7. The van der Waals surface area contributed by atoms with Gasteiger partial charge in [0.1, 0.15) is 5.82 Å². The second-order valence-electron chi connectivity index (χ2n) is 11.1. The number of allylic oxidation sites excluding steroid dienone is 1. The maximum absolute atomic E-state index is 4.73. The van der Waals surface area contributed by atoms with E-state index in [2.05, 4.69) is 94.8 Å². The van der Waals surface area contributed by atoms with Crippen LogP contribution in [0.15, 0.2) is 67.1 Å². The molecule has 0 spiro atoms. The normalized spacial score (nSPS) is 17.3. The van der Waals surface area contributed by atoms with Crippen molar-refractivity contribution < 1.29 is 0 Å². The molecular weight excluding hydrogens is 494 g/mol. The molecule has 3 aromatic heterocycles. The second kappa shape index (κ2) is 11.7. The molecule has 40 heavy (non-hydrogen) atoms. The van der Waals surface area contributed by atoms with Gasteiger partial charge in [-0.3, -0.25) is 14.6 Å². The van der Waals surface area contributed by atoms with E-state index < -0.39 is 0 Å². The maximum Gasteiger partial charge on any atom is 0.130 e. The summed E-state index contributed by atoms with van der Waals surface area (Å²) in [4.78, 5) is 14.3. The van der Waals surface area contributed by atoms with E-state index in [9.17, 15) is 0 Å². The molecule has 4 aromatic rings. The number of anilines is 1. The maximum atomic E-state index is 4.73. The average molecular weight is 534 g/mol. The van der Waals surface area contributed by atoms with Gasteiger partial charge in [0.2, 0.25) is 0 Å². The molecule has 0 aliphatic carbocycles. The molecule has 0 bridgehead atoms. The third-order valence-corrected chi connectivity index (χ3v) is 8.28. The third kappa shape index (κ3) is 5.71. The lowest BCUT2D eigenvalue weighted by atomic mass is 10.0. The number of benzene rings is 1. The summed E-state index contributed by atoms with van der Waals surface area (Å²) in [6, 6.07) is 13.0. The summed E-state index contributed by atoms with van der Waals surface area (Å²) in [6.45, 7) is 7.38. The number of likely N-dealkylation sites (tertiary alicyclic amines) is 1. The Hall–Kier alpha value is -3.81. The van der Waals surface area contributed by atoms with Crippen LogP contribution in [0.5, 0.6) is 0 Å². The van der Waals surface area contributed by atoms with Crippen molar-refractivity contribution in [2.45, 2.75) is 39.2 Å². The van der Waals surface area contributed by atoms with E-state index in [1.165, 1.54) is 54.7 Å². The molecule has 1 saturated heterocycles. The Morgan fingerprint density at radius 3 is 2.62 bits per heavy atom. The highest BCUT2D eigenvalue weighted by Crippen LogP contribution is 2.30. The van der Waals surface area contributed by atoms with Crippen LogP contribution in [0.1, 0.15) is 49.6 Å². The highest BCUT2D eigenvalue weighted by atomic mass is 15.3. The number of aryl methyl sites for hydroxylation is 1. The smallest absolute Gasteiger partial charge is 0.130 e. The van der Waals surface area contributed by atoms with Crippen molar-refractivity contribution in [3.63, 3.8) is 0 Å². The minimum absolute atomic E-state index is 0.828. The molecule has 7 nitrogen and oxygen atoms in total. The summed E-state index contributed by atoms with van der Waals surface area (Å²) in [5.41, 5.74) is 8.20. The van der Waals surface area contributed by atoms with Gasteiger partial charge in [0.15, 0.2) is 0 Å². The van der Waals surface area contributed by atoms with Crippen molar-refractivity contribution in [1.29, 1.82) is 0 Å². The number of nitrogens with one attached hydrogen (secondary N) is 1. The molecule has 0 atom stereocenters. The molecule has 2 aliphatic rings. The van der Waals surface area contributed by atoms with E-state index in [1.807, 2.05) is 23.3 Å². The lowest BCUT2D eigenvalue weighted by Crippen LogP contribution is -2.30. The van der Waals surface area contributed by atoms with Crippen molar-refractivity contribution in [2.75, 3.05) is 38.5 Å². The summed E-state index contributed by atoms with van der Waals surface area (Å²) in [7, 11) is 4.21. The lowest BCUT2D eigenvalue weighted by molar-refractivity contribution is 0.216. The standard InChI is InChI=1S/C33H39N7/c1-4-30(26-10-13-34-31(19-26)24-11-16-38(2)17-12-24)37-33-20-28-18-25(8-9-27(28)21-35-33)29-22-36-39(3)32(29)23-40-14-6-5-7-15-40/h4,8-11,13,18-22H,5-7,12,14-17,23H2,1-3H3,(H,35,37)/b30-4+. The minimum atomic E-state index is 0.828. The number of likely N-dealkylation sites (N-methyl/N-ethyl adjacent to an activating group) is 1. The predicted octanol–water partition coefficient (Wildman–Crippen LogP) is 6.21. The SMILES string of the molecule is C/C=C(/Nc1cc2cc(-c3cnn(C)c3CN3CCCCC3)ccc2cn1)c1ccnc(C2=CCN(C)CC2)c1. The third-order valence-electron chi connectivity index (χ3n) is 8.28. The average Bonchev–Trinajstić information content (AvgIpc) is 3.36. The van der Waals surface area contributed by atoms with Gasteiger partial charge >= 0.3 is 0 Å². The molecule has 0 saturated carbocycles. The number of pyridine rings is 2. The number of nitrogens with zero attached hydrogens (tertiary/aromatic N) is 6. The largest absolute Gasteiger partial charge is 0.340 e. The summed E-state index contributed by atoms with van der Waals surface area (Å²) >= 11 is 0. The van der Waals surface area contributed by atoms with E-state index in [-0.39, 0.29) is 0 Å². The zero-order valence-electron chi connectivity index (χ0n) is 23.9. The molecule has 1 N–H and O–H groups in total. The molecule has 1 fully saturated rings. The van der Waals surface area contributed by atoms with Gasteiger partial charge in [-0.1, -0.05) is 30.7 Å². The molecule has 5 heterocycles. The van der Waals surface area contributed by atoms with Gasteiger partial charge in [-0.05, 0) is 87.1 Å². The van der Waals surface area contributed by atoms with Crippen molar-refractivity contribution in [2.24, 2.45) is 7.05 Å². The minimum Gasteiger partial charge on any atom is -0.340 e. The molecule has 2 aliphatic heterocycles. The van der Waals surface area contributed by atoms with Crippen LogP contribution in [0.4, 0.5) is 5.82 Å². The Labute approximate surface area is 237 Å². The molecule has 0 radical (unpaired) electrons. The van der Waals surface area contributed by atoms with Crippen LogP contribution in [-0.4, -0.2) is 62.8 Å². The zero-order chi connectivity index (χ0) is 27.5. The van der Waals surface area contributed by atoms with Gasteiger partial charge in [-0.15, -0.1) is 0 Å². The van der Waals surface area contributed by atoms with E-state index in [4.69, 9.17) is 4.98 Å². The molecule has 7 heteroatoms. The number of hydrogen-bond donors (Lipinski definition) is 1. The van der Waals surface area contributed by atoms with Crippen LogP contribution in [0, 0.1) is 0 Å². The Balaban J connectivity index is 1.25. The molecule has 1 aromatic carbocycles. The monoisotopic (exact) mass is 533 g/mol. The van der Waals surface area contributed by atoms with Crippen molar-refractivity contribution in [3.05, 3.63) is 84.1 Å². The first-order valence-electron chi connectivity index (χ1n) is 14.5. The van der Waals surface area contributed by atoms with Gasteiger partial charge < -0.3 is 10.2 Å². The van der Waals surface area contributed by atoms with Crippen molar-refractivity contribution in [3.8, 4) is 11.1 Å². The Morgan fingerprint density at radius 1 is 0.950 bits per heavy atom. The molecule has 206 valence electrons. The Bertz CT molecular complexity index is 1560. The number of hydrogen-bond acceptors (Lipinski definition) is 6. The van der Waals surface area contributed by atoms with Crippen LogP contribution in [0.3, 0.4) is 0 Å². The van der Waals surface area contributed by atoms with Gasteiger partial charge in [0.25, 0.3) is 0 Å². The van der Waals surface area contributed by atoms with Gasteiger partial charge in [0.05, 0.1) is 17.6 Å². The quantitative estimate of drug-likeness (QED) is 0.305. The second-order valence-corrected chi connectivity index (χ2v) is 11.1. The van der Waals surface area contributed by atoms with E-state index in [1.54, 1.807) is 0 Å². The molecular formula is C33H39N7. The fourth-order valence-electron chi connectivity index (χ4n) is 5.82. The summed E-state index contributed by atoms with van der Waals surface area (Å²) in [6.07, 6.45) is 15.2. The highest BCUT2D eigenvalue weighted by molar-refractivity contribution is 5.90. The van der Waals surface area contributed by atoms with Crippen molar-refractivity contribution >= 4 is 27.9 Å². The van der Waals surface area contributed by atoms with Crippen molar-refractivity contribution in [1.82, 2.24) is 29.5 Å². The summed E-state index contributed by atoms with van der Waals surface area (Å²) in [5, 5.41) is 10.5. The first kappa shape index (κ1) is 26.4. The van der Waals surface area contributed by atoms with Gasteiger partial charge in [-0.25, -0.2) is 4.98 Å². The fraction of sp³-hybridized carbons (Fsp3) is 0.364. The molecule has 0 unspecified atom stereocenters. The van der Waals surface area contributed by atoms with Crippen LogP contribution < -0.4 is 5.32 Å². The number of piperidine rings is 1. The van der Waals surface area contributed by atoms with Gasteiger partial charge in [0, 0.05) is 61.3 Å². The van der Waals surface area contributed by atoms with Crippen LogP contribution in [-0.2, 0) is 13.6 Å². The van der Waals surface area contributed by atoms with Crippen LogP contribution in [0.2, 0.25) is 0 Å². The number of aromatic nitrogens is 4. The lowest BCUT2D eigenvalue weighted by Gasteiger charge is -2.26. The van der Waals surface area contributed by atoms with E-state index >= 15 is 0 Å². The van der Waals surface area contributed by atoms with Gasteiger partial charge in [-0.2, -0.15) is 5.10 Å². The summed E-state index contributed by atoms with van der Waals surface area (Å²) < 4.78 is 2.04. The highest BCUT2D eigenvalue weighted by Gasteiger charge is 2.17. The first-order valence-corrected chi connectivity index (χ1v) is 14.5. The summed E-state index contributed by atoms with van der Waals surface area (Å²) in [5.74, 6) is 0.828.